The molecule has 3 heterocycles. The van der Waals surface area contributed by atoms with E-state index in [-0.39, 0.29) is 0 Å². The van der Waals surface area contributed by atoms with Gasteiger partial charge in [-0.3, -0.25) is 0 Å². The molecule has 0 unspecified atom stereocenters. The van der Waals surface area contributed by atoms with Gasteiger partial charge in [0.15, 0.2) is 0 Å². The first-order valence-electron chi connectivity index (χ1n) is 10.9. The normalized spacial score (nSPS) is 11.4. The zero-order chi connectivity index (χ0) is 21.8. The molecule has 2 aromatic carbocycles. The summed E-state index contributed by atoms with van der Waals surface area (Å²) in [6.07, 6.45) is 10.3. The molecule has 0 amide bonds. The Kier molecular flexibility index (Phi) is 6.16. The van der Waals surface area contributed by atoms with Crippen molar-refractivity contribution in [1.29, 1.82) is 0 Å². The van der Waals surface area contributed by atoms with Crippen LogP contribution in [0.2, 0.25) is 0 Å². The maximum atomic E-state index is 4.60. The van der Waals surface area contributed by atoms with E-state index in [9.17, 15) is 0 Å². The maximum Gasteiger partial charge on any atom is 0.137 e. The summed E-state index contributed by atoms with van der Waals surface area (Å²) in [5.41, 5.74) is 4.89. The average Bonchev–Trinajstić information content (AvgIpc) is 3.54. The van der Waals surface area contributed by atoms with Crippen LogP contribution in [0.5, 0.6) is 0 Å². The zero-order valence-corrected chi connectivity index (χ0v) is 19.3. The highest BCUT2D eigenvalue weighted by atomic mass is 79.9. The quantitative estimate of drug-likeness (QED) is 0.297. The van der Waals surface area contributed by atoms with Crippen molar-refractivity contribution in [2.24, 2.45) is 0 Å². The summed E-state index contributed by atoms with van der Waals surface area (Å²) >= 11 is 3.57. The number of benzene rings is 2. The molecule has 3 aromatic heterocycles. The molecular formula is C25H25BrN6. The van der Waals surface area contributed by atoms with Crippen molar-refractivity contribution in [2.45, 2.75) is 38.6 Å². The van der Waals surface area contributed by atoms with Crippen LogP contribution in [0.3, 0.4) is 0 Å². The molecule has 0 aliphatic carbocycles. The maximum absolute atomic E-state index is 4.60. The Morgan fingerprint density at radius 1 is 0.906 bits per heavy atom. The molecule has 0 saturated carbocycles. The van der Waals surface area contributed by atoms with Crippen molar-refractivity contribution in [2.75, 3.05) is 0 Å². The standard InChI is InChI=1S/C25H25BrN6/c26-20-6-3-5-18(13-20)14-25-31-30-24(32(25)12-4-7-21-16-27-17-29-21)11-10-19-15-28-23-9-2-1-8-22(19)23/h1-3,5-6,8-9,13,15-17,28H,4,7,10-12,14H2,(H,27,29). The molecule has 5 aromatic rings. The molecule has 0 aliphatic rings. The fourth-order valence-electron chi connectivity index (χ4n) is 4.21. The number of imidazole rings is 1. The molecule has 7 heteroatoms. The molecule has 0 radical (unpaired) electrons. The van der Waals surface area contributed by atoms with Gasteiger partial charge in [0, 0.05) is 52.8 Å². The van der Waals surface area contributed by atoms with Crippen molar-refractivity contribution in [3.8, 4) is 0 Å². The SMILES string of the molecule is Brc1cccc(Cc2nnc(CCc3c[nH]c4ccccc34)n2CCCc2cnc[nH]2)c1. The van der Waals surface area contributed by atoms with Gasteiger partial charge in [0.1, 0.15) is 11.6 Å². The van der Waals surface area contributed by atoms with Gasteiger partial charge in [0.25, 0.3) is 0 Å². The molecule has 162 valence electrons. The van der Waals surface area contributed by atoms with Crippen molar-refractivity contribution >= 4 is 26.8 Å². The Hall–Kier alpha value is -3.19. The van der Waals surface area contributed by atoms with Crippen LogP contribution in [0.25, 0.3) is 10.9 Å². The van der Waals surface area contributed by atoms with Crippen LogP contribution >= 0.6 is 15.9 Å². The first-order chi connectivity index (χ1) is 15.8. The highest BCUT2D eigenvalue weighted by molar-refractivity contribution is 9.10. The highest BCUT2D eigenvalue weighted by Crippen LogP contribution is 2.20. The molecule has 32 heavy (non-hydrogen) atoms. The number of aromatic amines is 2. The molecule has 5 rings (SSSR count). The lowest BCUT2D eigenvalue weighted by Gasteiger charge is -2.11. The van der Waals surface area contributed by atoms with E-state index in [1.54, 1.807) is 6.33 Å². The van der Waals surface area contributed by atoms with Crippen LogP contribution in [0.15, 0.2) is 71.7 Å². The number of aromatic nitrogens is 6. The number of hydrogen-bond acceptors (Lipinski definition) is 3. The van der Waals surface area contributed by atoms with Gasteiger partial charge >= 0.3 is 0 Å². The number of H-pyrrole nitrogens is 2. The van der Waals surface area contributed by atoms with Gasteiger partial charge in [-0.1, -0.05) is 46.3 Å². The Balaban J connectivity index is 1.35. The van der Waals surface area contributed by atoms with E-state index >= 15 is 0 Å². The molecule has 2 N–H and O–H groups in total. The van der Waals surface area contributed by atoms with Crippen molar-refractivity contribution in [1.82, 2.24) is 29.7 Å². The third-order valence-corrected chi connectivity index (χ3v) is 6.32. The lowest BCUT2D eigenvalue weighted by atomic mass is 10.1. The molecule has 0 bridgehead atoms. The van der Waals surface area contributed by atoms with Gasteiger partial charge in [-0.15, -0.1) is 10.2 Å². The van der Waals surface area contributed by atoms with Gasteiger partial charge in [-0.25, -0.2) is 4.98 Å². The Morgan fingerprint density at radius 2 is 1.81 bits per heavy atom. The second kappa shape index (κ2) is 9.53. The minimum absolute atomic E-state index is 0.767. The number of halogens is 1. The van der Waals surface area contributed by atoms with Gasteiger partial charge < -0.3 is 14.5 Å². The van der Waals surface area contributed by atoms with Crippen molar-refractivity contribution in [3.05, 3.63) is 100 Å². The van der Waals surface area contributed by atoms with Crippen molar-refractivity contribution < 1.29 is 0 Å². The molecule has 6 nitrogen and oxygen atoms in total. The van der Waals surface area contributed by atoms with Gasteiger partial charge in [0.2, 0.25) is 0 Å². The van der Waals surface area contributed by atoms with E-state index in [0.29, 0.717) is 0 Å². The monoisotopic (exact) mass is 488 g/mol. The summed E-state index contributed by atoms with van der Waals surface area (Å²) in [5, 5.41) is 10.5. The Bertz CT molecular complexity index is 1300. The number of nitrogens with one attached hydrogen (secondary N) is 2. The summed E-state index contributed by atoms with van der Waals surface area (Å²) < 4.78 is 3.39. The largest absolute Gasteiger partial charge is 0.361 e. The second-order valence-corrected chi connectivity index (χ2v) is 8.95. The van der Waals surface area contributed by atoms with E-state index in [4.69, 9.17) is 0 Å². The molecule has 0 fully saturated rings. The van der Waals surface area contributed by atoms with Crippen LogP contribution in [0, 0.1) is 0 Å². The smallest absolute Gasteiger partial charge is 0.137 e. The molecular weight excluding hydrogens is 464 g/mol. The third-order valence-electron chi connectivity index (χ3n) is 5.83. The number of hydrogen-bond donors (Lipinski definition) is 2. The van der Waals surface area contributed by atoms with Crippen LogP contribution in [-0.4, -0.2) is 29.7 Å². The van der Waals surface area contributed by atoms with Gasteiger partial charge in [-0.05, 0) is 48.6 Å². The fraction of sp³-hybridized carbons (Fsp3) is 0.240. The highest BCUT2D eigenvalue weighted by Gasteiger charge is 2.14. The first kappa shape index (κ1) is 20.7. The molecule has 0 spiro atoms. The lowest BCUT2D eigenvalue weighted by Crippen LogP contribution is -2.10. The van der Waals surface area contributed by atoms with Gasteiger partial charge in [0.05, 0.1) is 6.33 Å². The van der Waals surface area contributed by atoms with E-state index < -0.39 is 0 Å². The molecule has 0 aliphatic heterocycles. The minimum atomic E-state index is 0.767. The lowest BCUT2D eigenvalue weighted by molar-refractivity contribution is 0.585. The van der Waals surface area contributed by atoms with Crippen LogP contribution in [0.4, 0.5) is 0 Å². The first-order valence-corrected chi connectivity index (χ1v) is 11.7. The number of fused-ring (bicyclic) bond motifs is 1. The zero-order valence-electron chi connectivity index (χ0n) is 17.8. The van der Waals surface area contributed by atoms with Crippen molar-refractivity contribution in [3.63, 3.8) is 0 Å². The molecule has 0 saturated heterocycles. The fourth-order valence-corrected chi connectivity index (χ4v) is 4.66. The topological polar surface area (TPSA) is 75.2 Å². The summed E-state index contributed by atoms with van der Waals surface area (Å²) in [7, 11) is 0. The predicted molar refractivity (Wildman–Crippen MR) is 130 cm³/mol. The Labute approximate surface area is 195 Å². The van der Waals surface area contributed by atoms with Gasteiger partial charge in [-0.2, -0.15) is 0 Å². The number of nitrogens with zero attached hydrogens (tertiary/aromatic N) is 4. The summed E-state index contributed by atoms with van der Waals surface area (Å²) in [6.45, 7) is 0.887. The second-order valence-electron chi connectivity index (χ2n) is 8.03. The van der Waals surface area contributed by atoms with E-state index in [0.717, 1.165) is 60.5 Å². The number of para-hydroxylation sites is 1. The summed E-state index contributed by atoms with van der Waals surface area (Å²) in [5.74, 6) is 2.06. The summed E-state index contributed by atoms with van der Waals surface area (Å²) in [4.78, 5) is 10.7. The summed E-state index contributed by atoms with van der Waals surface area (Å²) in [6, 6.07) is 16.8. The van der Waals surface area contributed by atoms with E-state index in [2.05, 4.69) is 94.3 Å². The number of rotatable bonds is 9. The Morgan fingerprint density at radius 3 is 2.69 bits per heavy atom. The van der Waals surface area contributed by atoms with Crippen LogP contribution in [-0.2, 0) is 32.2 Å². The minimum Gasteiger partial charge on any atom is -0.361 e. The predicted octanol–water partition coefficient (Wildman–Crippen LogP) is 5.25. The third kappa shape index (κ3) is 4.67. The van der Waals surface area contributed by atoms with Crippen LogP contribution < -0.4 is 0 Å². The van der Waals surface area contributed by atoms with E-state index in [1.807, 2.05) is 12.3 Å². The van der Waals surface area contributed by atoms with Crippen LogP contribution in [0.1, 0.15) is 34.9 Å². The molecule has 0 atom stereocenters. The average molecular weight is 489 g/mol. The van der Waals surface area contributed by atoms with E-state index in [1.165, 1.54) is 22.0 Å². The number of aryl methyl sites for hydroxylation is 3.